The fourth-order valence-electron chi connectivity index (χ4n) is 2.23. The molecule has 1 aliphatic rings. The van der Waals surface area contributed by atoms with Gasteiger partial charge in [-0.2, -0.15) is 0 Å². The molecule has 0 amide bonds. The molecule has 0 aromatic carbocycles. The molecule has 3 unspecified atom stereocenters. The summed E-state index contributed by atoms with van der Waals surface area (Å²) >= 11 is 1.68. The maximum atomic E-state index is 4.19. The molecule has 0 radical (unpaired) electrons. The van der Waals surface area contributed by atoms with Crippen LogP contribution in [-0.2, 0) is 0 Å². The largest absolute Gasteiger partial charge is 0.304 e. The molecule has 1 fully saturated rings. The molecule has 2 rings (SSSR count). The van der Waals surface area contributed by atoms with Crippen LogP contribution in [0.3, 0.4) is 0 Å². The van der Waals surface area contributed by atoms with Crippen LogP contribution < -0.4 is 5.32 Å². The van der Waals surface area contributed by atoms with Crippen LogP contribution in [0.2, 0.25) is 0 Å². The van der Waals surface area contributed by atoms with E-state index in [9.17, 15) is 0 Å². The number of likely N-dealkylation sites (tertiary alicyclic amines) is 1. The van der Waals surface area contributed by atoms with E-state index in [-0.39, 0.29) is 0 Å². The van der Waals surface area contributed by atoms with Crippen molar-refractivity contribution >= 4 is 11.3 Å². The molecule has 0 bridgehead atoms. The first-order chi connectivity index (χ1) is 7.56. The molecule has 0 spiro atoms. The summed E-state index contributed by atoms with van der Waals surface area (Å²) in [6.07, 6.45) is 1.22. The van der Waals surface area contributed by atoms with Gasteiger partial charge in [-0.15, -0.1) is 21.5 Å². The van der Waals surface area contributed by atoms with E-state index >= 15 is 0 Å². The Balaban J connectivity index is 1.91. The highest BCUT2D eigenvalue weighted by Crippen LogP contribution is 2.21. The van der Waals surface area contributed by atoms with E-state index < -0.39 is 0 Å². The molecule has 1 aromatic rings. The summed E-state index contributed by atoms with van der Waals surface area (Å²) in [7, 11) is 2.19. The van der Waals surface area contributed by atoms with Crippen LogP contribution in [0.15, 0.2) is 0 Å². The summed E-state index contributed by atoms with van der Waals surface area (Å²) in [5, 5.41) is 14.0. The van der Waals surface area contributed by atoms with Crippen molar-refractivity contribution in [1.82, 2.24) is 20.4 Å². The Morgan fingerprint density at radius 3 is 2.75 bits per heavy atom. The Morgan fingerprint density at radius 2 is 2.25 bits per heavy atom. The predicted octanol–water partition coefficient (Wildman–Crippen LogP) is 1.59. The van der Waals surface area contributed by atoms with Crippen molar-refractivity contribution in [3.8, 4) is 0 Å². The summed E-state index contributed by atoms with van der Waals surface area (Å²) in [4.78, 5) is 2.40. The first-order valence-electron chi connectivity index (χ1n) is 5.82. The number of hydrogen-bond donors (Lipinski definition) is 1. The first kappa shape index (κ1) is 12.0. The zero-order valence-corrected chi connectivity index (χ0v) is 11.2. The Bertz CT molecular complexity index is 342. The van der Waals surface area contributed by atoms with Crippen molar-refractivity contribution in [1.29, 1.82) is 0 Å². The van der Waals surface area contributed by atoms with Crippen molar-refractivity contribution in [2.24, 2.45) is 0 Å². The maximum absolute atomic E-state index is 4.19. The highest BCUT2D eigenvalue weighted by atomic mass is 32.1. The van der Waals surface area contributed by atoms with Crippen LogP contribution >= 0.6 is 11.3 Å². The number of rotatable bonds is 3. The van der Waals surface area contributed by atoms with E-state index in [4.69, 9.17) is 0 Å². The molecule has 1 saturated heterocycles. The summed E-state index contributed by atoms with van der Waals surface area (Å²) in [6.45, 7) is 7.58. The molecule has 0 saturated carbocycles. The van der Waals surface area contributed by atoms with Crippen LogP contribution in [-0.4, -0.2) is 40.8 Å². The Labute approximate surface area is 101 Å². The van der Waals surface area contributed by atoms with Crippen LogP contribution in [0.5, 0.6) is 0 Å². The summed E-state index contributed by atoms with van der Waals surface area (Å²) in [5.74, 6) is 0. The van der Waals surface area contributed by atoms with Crippen molar-refractivity contribution < 1.29 is 0 Å². The van der Waals surface area contributed by atoms with Gasteiger partial charge in [-0.05, 0) is 34.2 Å². The quantitative estimate of drug-likeness (QED) is 0.871. The van der Waals surface area contributed by atoms with Crippen LogP contribution in [0, 0.1) is 6.92 Å². The molecule has 1 aromatic heterocycles. The topological polar surface area (TPSA) is 41.1 Å². The van der Waals surface area contributed by atoms with Gasteiger partial charge in [0.05, 0.1) is 6.04 Å². The second kappa shape index (κ2) is 4.77. The molecule has 16 heavy (non-hydrogen) atoms. The number of hydrogen-bond acceptors (Lipinski definition) is 5. The molecule has 4 nitrogen and oxygen atoms in total. The summed E-state index contributed by atoms with van der Waals surface area (Å²) in [6, 6.07) is 1.58. The SMILES string of the molecule is Cc1nnc(C(C)NC2CC(C)N(C)C2)s1. The van der Waals surface area contributed by atoms with E-state index in [1.165, 1.54) is 6.42 Å². The highest BCUT2D eigenvalue weighted by molar-refractivity contribution is 7.11. The lowest BCUT2D eigenvalue weighted by atomic mass is 10.2. The Kier molecular flexibility index (Phi) is 3.56. The first-order valence-corrected chi connectivity index (χ1v) is 6.64. The standard InChI is InChI=1S/C11H20N4S/c1-7-5-10(6-15(7)4)12-8(2)11-14-13-9(3)16-11/h7-8,10,12H,5-6H2,1-4H3. The van der Waals surface area contributed by atoms with Gasteiger partial charge in [0, 0.05) is 18.6 Å². The lowest BCUT2D eigenvalue weighted by Crippen LogP contribution is -2.33. The van der Waals surface area contributed by atoms with Gasteiger partial charge in [0.2, 0.25) is 0 Å². The van der Waals surface area contributed by atoms with E-state index in [1.54, 1.807) is 11.3 Å². The second-order valence-electron chi connectivity index (χ2n) is 4.77. The van der Waals surface area contributed by atoms with Gasteiger partial charge in [0.1, 0.15) is 10.0 Å². The molecule has 5 heteroatoms. The molecular weight excluding hydrogens is 220 g/mol. The third-order valence-electron chi connectivity index (χ3n) is 3.28. The zero-order valence-electron chi connectivity index (χ0n) is 10.4. The van der Waals surface area contributed by atoms with E-state index in [0.717, 1.165) is 16.6 Å². The van der Waals surface area contributed by atoms with Crippen LogP contribution in [0.4, 0.5) is 0 Å². The van der Waals surface area contributed by atoms with Gasteiger partial charge in [-0.3, -0.25) is 0 Å². The predicted molar refractivity (Wildman–Crippen MR) is 66.7 cm³/mol. The van der Waals surface area contributed by atoms with Crippen LogP contribution in [0.25, 0.3) is 0 Å². The second-order valence-corrected chi connectivity index (χ2v) is 5.98. The van der Waals surface area contributed by atoms with Gasteiger partial charge in [0.15, 0.2) is 0 Å². The highest BCUT2D eigenvalue weighted by Gasteiger charge is 2.27. The van der Waals surface area contributed by atoms with Gasteiger partial charge >= 0.3 is 0 Å². The summed E-state index contributed by atoms with van der Waals surface area (Å²) in [5.41, 5.74) is 0. The molecule has 3 atom stereocenters. The summed E-state index contributed by atoms with van der Waals surface area (Å²) < 4.78 is 0. The molecule has 0 aliphatic carbocycles. The minimum absolute atomic E-state index is 0.315. The van der Waals surface area contributed by atoms with Gasteiger partial charge < -0.3 is 10.2 Å². The van der Waals surface area contributed by atoms with Crippen molar-refractivity contribution in [3.05, 3.63) is 10.0 Å². The fraction of sp³-hybridized carbons (Fsp3) is 0.818. The van der Waals surface area contributed by atoms with Crippen LogP contribution in [0.1, 0.15) is 36.3 Å². The normalized spacial score (nSPS) is 28.5. The van der Waals surface area contributed by atoms with Crippen molar-refractivity contribution in [2.45, 2.75) is 45.3 Å². The van der Waals surface area contributed by atoms with Crippen molar-refractivity contribution in [2.75, 3.05) is 13.6 Å². The fourth-order valence-corrected chi connectivity index (χ4v) is 2.94. The lowest BCUT2D eigenvalue weighted by molar-refractivity contribution is 0.325. The number of nitrogens with zero attached hydrogens (tertiary/aromatic N) is 3. The average Bonchev–Trinajstić information content (AvgIpc) is 2.75. The zero-order chi connectivity index (χ0) is 11.7. The molecule has 2 heterocycles. The average molecular weight is 240 g/mol. The Morgan fingerprint density at radius 1 is 1.50 bits per heavy atom. The monoisotopic (exact) mass is 240 g/mol. The number of nitrogens with one attached hydrogen (secondary N) is 1. The minimum Gasteiger partial charge on any atom is -0.304 e. The third kappa shape index (κ3) is 2.59. The number of aromatic nitrogens is 2. The minimum atomic E-state index is 0.315. The van der Waals surface area contributed by atoms with E-state index in [2.05, 4.69) is 41.3 Å². The van der Waals surface area contributed by atoms with Gasteiger partial charge in [-0.25, -0.2) is 0 Å². The smallest absolute Gasteiger partial charge is 0.134 e. The Hall–Kier alpha value is -0.520. The number of aryl methyl sites for hydroxylation is 1. The van der Waals surface area contributed by atoms with Gasteiger partial charge in [0.25, 0.3) is 0 Å². The molecule has 90 valence electrons. The third-order valence-corrected chi connectivity index (χ3v) is 4.31. The van der Waals surface area contributed by atoms with E-state index in [1.807, 2.05) is 6.92 Å². The van der Waals surface area contributed by atoms with E-state index in [0.29, 0.717) is 18.1 Å². The van der Waals surface area contributed by atoms with Gasteiger partial charge in [-0.1, -0.05) is 0 Å². The van der Waals surface area contributed by atoms with Crippen molar-refractivity contribution in [3.63, 3.8) is 0 Å². The molecule has 1 aliphatic heterocycles. The molecular formula is C11H20N4S. The maximum Gasteiger partial charge on any atom is 0.134 e. The lowest BCUT2D eigenvalue weighted by Gasteiger charge is -2.17. The molecule has 1 N–H and O–H groups in total. The number of likely N-dealkylation sites (N-methyl/N-ethyl adjacent to an activating group) is 1.